The molecule has 1 aliphatic carbocycles. The molecule has 1 spiro atoms. The molecule has 1 saturated carbocycles. The van der Waals surface area contributed by atoms with E-state index in [2.05, 4.69) is 10.6 Å². The number of hydrogen-bond acceptors (Lipinski definition) is 3. The molecule has 0 aromatic heterocycles. The van der Waals surface area contributed by atoms with Crippen molar-refractivity contribution in [2.75, 3.05) is 26.2 Å². The van der Waals surface area contributed by atoms with Crippen molar-refractivity contribution in [1.29, 1.82) is 0 Å². The van der Waals surface area contributed by atoms with E-state index in [-0.39, 0.29) is 17.9 Å². The topological polar surface area (TPSA) is 61.4 Å². The van der Waals surface area contributed by atoms with Gasteiger partial charge in [0.05, 0.1) is 0 Å². The number of nitrogens with zero attached hydrogens (tertiary/aromatic N) is 1. The molecule has 0 aromatic rings. The standard InChI is InChI=1S/C15H25N3O2/c1-11(19)17-12-2-8-18(9-3-12)14(20)13-10-15(13)4-6-16-7-5-15/h12-13,16H,2-10H2,1H3,(H,17,19). The summed E-state index contributed by atoms with van der Waals surface area (Å²) in [4.78, 5) is 25.7. The largest absolute Gasteiger partial charge is 0.353 e. The fourth-order valence-corrected chi connectivity index (χ4v) is 3.93. The Bertz CT molecular complexity index is 396. The first-order chi connectivity index (χ1) is 9.61. The fourth-order valence-electron chi connectivity index (χ4n) is 3.93. The Balaban J connectivity index is 1.49. The highest BCUT2D eigenvalue weighted by Crippen LogP contribution is 2.59. The van der Waals surface area contributed by atoms with Gasteiger partial charge in [0.2, 0.25) is 11.8 Å². The van der Waals surface area contributed by atoms with E-state index in [4.69, 9.17) is 0 Å². The third kappa shape index (κ3) is 2.68. The van der Waals surface area contributed by atoms with E-state index in [0.717, 1.165) is 58.3 Å². The van der Waals surface area contributed by atoms with Crippen molar-refractivity contribution >= 4 is 11.8 Å². The Kier molecular flexibility index (Phi) is 3.71. The van der Waals surface area contributed by atoms with E-state index in [1.54, 1.807) is 6.92 Å². The number of carbonyl (C=O) groups excluding carboxylic acids is 2. The minimum absolute atomic E-state index is 0.0330. The zero-order chi connectivity index (χ0) is 14.2. The van der Waals surface area contributed by atoms with Crippen LogP contribution in [0, 0.1) is 11.3 Å². The summed E-state index contributed by atoms with van der Waals surface area (Å²) in [5.41, 5.74) is 0.330. The van der Waals surface area contributed by atoms with Crippen molar-refractivity contribution < 1.29 is 9.59 Å². The monoisotopic (exact) mass is 279 g/mol. The van der Waals surface area contributed by atoms with Gasteiger partial charge >= 0.3 is 0 Å². The van der Waals surface area contributed by atoms with Crippen LogP contribution in [0.15, 0.2) is 0 Å². The molecule has 0 bridgehead atoms. The van der Waals surface area contributed by atoms with Crippen molar-refractivity contribution in [3.8, 4) is 0 Å². The quantitative estimate of drug-likeness (QED) is 0.774. The molecule has 0 aromatic carbocycles. The summed E-state index contributed by atoms with van der Waals surface area (Å²) in [7, 11) is 0. The van der Waals surface area contributed by atoms with Gasteiger partial charge in [0.15, 0.2) is 0 Å². The molecule has 2 N–H and O–H groups in total. The van der Waals surface area contributed by atoms with E-state index < -0.39 is 0 Å². The molecule has 3 fully saturated rings. The molecule has 5 nitrogen and oxygen atoms in total. The molecule has 20 heavy (non-hydrogen) atoms. The van der Waals surface area contributed by atoms with Crippen molar-refractivity contribution in [1.82, 2.24) is 15.5 Å². The summed E-state index contributed by atoms with van der Waals surface area (Å²) in [5, 5.41) is 6.34. The van der Waals surface area contributed by atoms with Crippen molar-refractivity contribution in [2.45, 2.75) is 45.1 Å². The molecular formula is C15H25N3O2. The average molecular weight is 279 g/mol. The maximum atomic E-state index is 12.6. The first kappa shape index (κ1) is 13.9. The van der Waals surface area contributed by atoms with Gasteiger partial charge in [-0.15, -0.1) is 0 Å². The van der Waals surface area contributed by atoms with Crippen LogP contribution in [0.25, 0.3) is 0 Å². The highest BCUT2D eigenvalue weighted by atomic mass is 16.2. The summed E-state index contributed by atoms with van der Waals surface area (Å²) < 4.78 is 0. The molecule has 2 saturated heterocycles. The number of nitrogens with one attached hydrogen (secondary N) is 2. The Hall–Kier alpha value is -1.10. The van der Waals surface area contributed by atoms with Gasteiger partial charge in [-0.2, -0.15) is 0 Å². The van der Waals surface area contributed by atoms with Gasteiger partial charge in [-0.05, 0) is 50.6 Å². The van der Waals surface area contributed by atoms with Crippen LogP contribution in [0.2, 0.25) is 0 Å². The second kappa shape index (κ2) is 5.35. The molecule has 0 radical (unpaired) electrons. The minimum Gasteiger partial charge on any atom is -0.353 e. The van der Waals surface area contributed by atoms with Gasteiger partial charge in [0.25, 0.3) is 0 Å². The summed E-state index contributed by atoms with van der Waals surface area (Å²) in [6, 6.07) is 0.253. The lowest BCUT2D eigenvalue weighted by atomic mass is 9.91. The lowest BCUT2D eigenvalue weighted by Gasteiger charge is -2.33. The number of piperidine rings is 2. The van der Waals surface area contributed by atoms with Crippen LogP contribution in [0.1, 0.15) is 39.0 Å². The molecule has 112 valence electrons. The second-order valence-corrected chi connectivity index (χ2v) is 6.67. The highest BCUT2D eigenvalue weighted by molar-refractivity contribution is 5.83. The average Bonchev–Trinajstić information content (AvgIpc) is 3.12. The van der Waals surface area contributed by atoms with Crippen LogP contribution in [0.4, 0.5) is 0 Å². The molecule has 2 amide bonds. The van der Waals surface area contributed by atoms with Gasteiger partial charge in [-0.25, -0.2) is 0 Å². The van der Waals surface area contributed by atoms with Crippen molar-refractivity contribution in [2.24, 2.45) is 11.3 Å². The van der Waals surface area contributed by atoms with Crippen LogP contribution in [0.5, 0.6) is 0 Å². The van der Waals surface area contributed by atoms with Crippen LogP contribution in [-0.2, 0) is 9.59 Å². The Morgan fingerprint density at radius 3 is 2.45 bits per heavy atom. The summed E-state index contributed by atoms with van der Waals surface area (Å²) >= 11 is 0. The lowest BCUT2D eigenvalue weighted by Crippen LogP contribution is -2.47. The van der Waals surface area contributed by atoms with E-state index in [1.807, 2.05) is 4.90 Å². The van der Waals surface area contributed by atoms with Crippen LogP contribution < -0.4 is 10.6 Å². The second-order valence-electron chi connectivity index (χ2n) is 6.67. The number of rotatable bonds is 2. The highest BCUT2D eigenvalue weighted by Gasteiger charge is 2.58. The first-order valence-electron chi connectivity index (χ1n) is 7.87. The Labute approximate surface area is 120 Å². The van der Waals surface area contributed by atoms with Gasteiger partial charge in [-0.1, -0.05) is 0 Å². The smallest absolute Gasteiger partial charge is 0.226 e. The van der Waals surface area contributed by atoms with Gasteiger partial charge in [-0.3, -0.25) is 9.59 Å². The third-order valence-corrected chi connectivity index (χ3v) is 5.30. The summed E-state index contributed by atoms with van der Waals surface area (Å²) in [6.07, 6.45) is 5.20. The van der Waals surface area contributed by atoms with Crippen LogP contribution in [0.3, 0.4) is 0 Å². The van der Waals surface area contributed by atoms with Gasteiger partial charge in [0.1, 0.15) is 0 Å². The fraction of sp³-hybridized carbons (Fsp3) is 0.867. The number of likely N-dealkylation sites (tertiary alicyclic amines) is 1. The Morgan fingerprint density at radius 2 is 1.85 bits per heavy atom. The molecule has 5 heteroatoms. The van der Waals surface area contributed by atoms with Crippen molar-refractivity contribution in [3.05, 3.63) is 0 Å². The maximum absolute atomic E-state index is 12.6. The Morgan fingerprint density at radius 1 is 1.20 bits per heavy atom. The van der Waals surface area contributed by atoms with Gasteiger partial charge in [0, 0.05) is 32.0 Å². The van der Waals surface area contributed by atoms with Crippen LogP contribution >= 0.6 is 0 Å². The lowest BCUT2D eigenvalue weighted by molar-refractivity contribution is -0.134. The number of amides is 2. The SMILES string of the molecule is CC(=O)NC1CCN(C(=O)C2CC23CCNCC3)CC1. The molecule has 2 aliphatic heterocycles. The number of hydrogen-bond donors (Lipinski definition) is 2. The van der Waals surface area contributed by atoms with E-state index in [0.29, 0.717) is 11.3 Å². The van der Waals surface area contributed by atoms with Crippen molar-refractivity contribution in [3.63, 3.8) is 0 Å². The predicted octanol–water partition coefficient (Wildman–Crippen LogP) is 0.503. The summed E-state index contributed by atoms with van der Waals surface area (Å²) in [6.45, 7) is 5.29. The first-order valence-corrected chi connectivity index (χ1v) is 7.87. The normalized spacial score (nSPS) is 29.2. The molecule has 3 aliphatic rings. The molecule has 2 heterocycles. The zero-order valence-corrected chi connectivity index (χ0v) is 12.3. The molecular weight excluding hydrogens is 254 g/mol. The number of carbonyl (C=O) groups is 2. The van der Waals surface area contributed by atoms with Crippen LogP contribution in [-0.4, -0.2) is 48.9 Å². The molecule has 1 unspecified atom stereocenters. The molecule has 3 rings (SSSR count). The minimum atomic E-state index is 0.0330. The zero-order valence-electron chi connectivity index (χ0n) is 12.3. The van der Waals surface area contributed by atoms with E-state index in [1.165, 1.54) is 0 Å². The predicted molar refractivity (Wildman–Crippen MR) is 76.1 cm³/mol. The molecule has 1 atom stereocenters. The summed E-state index contributed by atoms with van der Waals surface area (Å²) in [5.74, 6) is 0.681. The van der Waals surface area contributed by atoms with E-state index in [9.17, 15) is 9.59 Å². The van der Waals surface area contributed by atoms with Gasteiger partial charge < -0.3 is 15.5 Å². The maximum Gasteiger partial charge on any atom is 0.226 e. The third-order valence-electron chi connectivity index (χ3n) is 5.30. The van der Waals surface area contributed by atoms with E-state index >= 15 is 0 Å².